The van der Waals surface area contributed by atoms with Gasteiger partial charge in [-0.3, -0.25) is 0 Å². The van der Waals surface area contributed by atoms with Crippen LogP contribution in [0.1, 0.15) is 51.2 Å². The molecular weight excluding hydrogens is 204 g/mol. The Hall–Kier alpha value is -1.30. The molecule has 1 atom stereocenters. The van der Waals surface area contributed by atoms with Crippen LogP contribution < -0.4 is 0 Å². The first-order valence-electron chi connectivity index (χ1n) is 6.66. The Bertz CT molecular complexity index is 461. The fraction of sp³-hybridized carbons (Fsp3) is 0.412. The Labute approximate surface area is 105 Å². The smallest absolute Gasteiger partial charge is 0.00634 e. The standard InChI is InChI=1S/C17H22/c1-5-9-16-15-11-8-7-10-14(15)13(6-2)17(16)12(3)4/h5,7-13H,6H2,1-4H3/b9-5-. The number of fused-ring (bicyclic) bond motifs is 1. The van der Waals surface area contributed by atoms with E-state index in [1.807, 2.05) is 0 Å². The van der Waals surface area contributed by atoms with E-state index < -0.39 is 0 Å². The molecule has 1 aromatic carbocycles. The lowest BCUT2D eigenvalue weighted by atomic mass is 9.86. The zero-order valence-corrected chi connectivity index (χ0v) is 11.3. The van der Waals surface area contributed by atoms with Gasteiger partial charge in [0.05, 0.1) is 0 Å². The third kappa shape index (κ3) is 1.97. The molecule has 17 heavy (non-hydrogen) atoms. The molecule has 0 aromatic heterocycles. The second-order valence-electron chi connectivity index (χ2n) is 5.07. The molecule has 90 valence electrons. The molecule has 0 N–H and O–H groups in total. The number of rotatable bonds is 3. The number of hydrogen-bond acceptors (Lipinski definition) is 0. The van der Waals surface area contributed by atoms with Crippen molar-refractivity contribution in [3.8, 4) is 0 Å². The van der Waals surface area contributed by atoms with Crippen LogP contribution in [0.4, 0.5) is 0 Å². The first kappa shape index (κ1) is 12.2. The van der Waals surface area contributed by atoms with Crippen molar-refractivity contribution < 1.29 is 0 Å². The maximum atomic E-state index is 2.31. The summed E-state index contributed by atoms with van der Waals surface area (Å²) >= 11 is 0. The molecule has 0 radical (unpaired) electrons. The molecule has 0 saturated heterocycles. The Kier molecular flexibility index (Phi) is 3.51. The van der Waals surface area contributed by atoms with Crippen LogP contribution in [0.25, 0.3) is 5.57 Å². The monoisotopic (exact) mass is 226 g/mol. The molecule has 1 aliphatic rings. The first-order valence-corrected chi connectivity index (χ1v) is 6.66. The molecule has 2 rings (SSSR count). The third-order valence-electron chi connectivity index (χ3n) is 3.68. The number of hydrogen-bond donors (Lipinski definition) is 0. The molecule has 0 heteroatoms. The Morgan fingerprint density at radius 1 is 1.24 bits per heavy atom. The van der Waals surface area contributed by atoms with Gasteiger partial charge in [-0.15, -0.1) is 0 Å². The summed E-state index contributed by atoms with van der Waals surface area (Å²) in [4.78, 5) is 0. The van der Waals surface area contributed by atoms with Crippen LogP contribution in [-0.4, -0.2) is 0 Å². The Balaban J connectivity index is 2.63. The summed E-state index contributed by atoms with van der Waals surface area (Å²) in [6.07, 6.45) is 5.64. The van der Waals surface area contributed by atoms with Gasteiger partial charge in [-0.25, -0.2) is 0 Å². The van der Waals surface area contributed by atoms with Gasteiger partial charge in [-0.1, -0.05) is 62.8 Å². The second-order valence-corrected chi connectivity index (χ2v) is 5.07. The average Bonchev–Trinajstić information content (AvgIpc) is 2.64. The van der Waals surface area contributed by atoms with Crippen LogP contribution in [0, 0.1) is 5.92 Å². The van der Waals surface area contributed by atoms with Crippen LogP contribution in [0.3, 0.4) is 0 Å². The van der Waals surface area contributed by atoms with Gasteiger partial charge in [0.25, 0.3) is 0 Å². The van der Waals surface area contributed by atoms with E-state index in [1.54, 1.807) is 5.57 Å². The van der Waals surface area contributed by atoms with Crippen LogP contribution in [-0.2, 0) is 0 Å². The summed E-state index contributed by atoms with van der Waals surface area (Å²) in [6.45, 7) is 9.02. The molecule has 0 nitrogen and oxygen atoms in total. The topological polar surface area (TPSA) is 0 Å². The van der Waals surface area contributed by atoms with E-state index in [-0.39, 0.29) is 0 Å². The van der Waals surface area contributed by atoms with Gasteiger partial charge in [0.15, 0.2) is 0 Å². The van der Waals surface area contributed by atoms with E-state index in [4.69, 9.17) is 0 Å². The van der Waals surface area contributed by atoms with E-state index in [1.165, 1.54) is 23.1 Å². The van der Waals surface area contributed by atoms with Crippen molar-refractivity contribution in [1.29, 1.82) is 0 Å². The van der Waals surface area contributed by atoms with Gasteiger partial charge in [0, 0.05) is 5.92 Å². The van der Waals surface area contributed by atoms with Crippen molar-refractivity contribution in [2.75, 3.05) is 0 Å². The summed E-state index contributed by atoms with van der Waals surface area (Å²) in [5, 5.41) is 0. The van der Waals surface area contributed by atoms with Crippen molar-refractivity contribution in [1.82, 2.24) is 0 Å². The quantitative estimate of drug-likeness (QED) is 0.666. The van der Waals surface area contributed by atoms with Crippen molar-refractivity contribution in [2.45, 2.75) is 40.0 Å². The van der Waals surface area contributed by atoms with Gasteiger partial charge in [0.1, 0.15) is 0 Å². The Morgan fingerprint density at radius 2 is 1.94 bits per heavy atom. The van der Waals surface area contributed by atoms with Crippen molar-refractivity contribution in [3.63, 3.8) is 0 Å². The van der Waals surface area contributed by atoms with Crippen LogP contribution >= 0.6 is 0 Å². The SMILES string of the molecule is C/C=C\C1=C(C(C)C)C(CC)c2ccccc21. The summed E-state index contributed by atoms with van der Waals surface area (Å²) in [5.74, 6) is 1.25. The van der Waals surface area contributed by atoms with E-state index in [2.05, 4.69) is 64.1 Å². The van der Waals surface area contributed by atoms with E-state index in [0.717, 1.165) is 0 Å². The lowest BCUT2D eigenvalue weighted by molar-refractivity contribution is 0.650. The van der Waals surface area contributed by atoms with Crippen LogP contribution in [0.2, 0.25) is 0 Å². The minimum atomic E-state index is 0.623. The molecule has 0 fully saturated rings. The highest BCUT2D eigenvalue weighted by Gasteiger charge is 2.29. The molecule has 0 aliphatic heterocycles. The maximum Gasteiger partial charge on any atom is 0.00634 e. The van der Waals surface area contributed by atoms with Gasteiger partial charge in [-0.05, 0) is 36.0 Å². The van der Waals surface area contributed by atoms with E-state index in [9.17, 15) is 0 Å². The van der Waals surface area contributed by atoms with E-state index >= 15 is 0 Å². The normalized spacial score (nSPS) is 19.5. The fourth-order valence-corrected chi connectivity index (χ4v) is 3.06. The zero-order valence-electron chi connectivity index (χ0n) is 11.3. The Morgan fingerprint density at radius 3 is 2.53 bits per heavy atom. The highest BCUT2D eigenvalue weighted by Crippen LogP contribution is 2.47. The molecule has 0 spiro atoms. The van der Waals surface area contributed by atoms with Gasteiger partial charge >= 0.3 is 0 Å². The largest absolute Gasteiger partial charge is 0.0870 e. The summed E-state index contributed by atoms with van der Waals surface area (Å²) < 4.78 is 0. The molecule has 1 aromatic rings. The van der Waals surface area contributed by atoms with Gasteiger partial charge < -0.3 is 0 Å². The molecule has 0 amide bonds. The average molecular weight is 226 g/mol. The van der Waals surface area contributed by atoms with Gasteiger partial charge in [-0.2, -0.15) is 0 Å². The lowest BCUT2D eigenvalue weighted by Gasteiger charge is -2.18. The number of benzene rings is 1. The van der Waals surface area contributed by atoms with Crippen LogP contribution in [0.5, 0.6) is 0 Å². The second kappa shape index (κ2) is 4.91. The summed E-state index contributed by atoms with van der Waals surface area (Å²) in [7, 11) is 0. The minimum absolute atomic E-state index is 0.623. The molecule has 0 bridgehead atoms. The molecule has 1 unspecified atom stereocenters. The molecule has 0 saturated carbocycles. The fourth-order valence-electron chi connectivity index (χ4n) is 3.06. The van der Waals surface area contributed by atoms with Crippen molar-refractivity contribution in [2.24, 2.45) is 5.92 Å². The lowest BCUT2D eigenvalue weighted by Crippen LogP contribution is -2.03. The predicted molar refractivity (Wildman–Crippen MR) is 76.0 cm³/mol. The van der Waals surface area contributed by atoms with Gasteiger partial charge in [0.2, 0.25) is 0 Å². The van der Waals surface area contributed by atoms with E-state index in [0.29, 0.717) is 11.8 Å². The molecule has 1 aliphatic carbocycles. The summed E-state index contributed by atoms with van der Waals surface area (Å²) in [6, 6.07) is 8.88. The molecule has 0 heterocycles. The maximum absolute atomic E-state index is 2.31. The first-order chi connectivity index (χ1) is 8.20. The predicted octanol–water partition coefficient (Wildman–Crippen LogP) is 5.18. The van der Waals surface area contributed by atoms with Crippen molar-refractivity contribution in [3.05, 3.63) is 53.1 Å². The third-order valence-corrected chi connectivity index (χ3v) is 3.68. The summed E-state index contributed by atoms with van der Waals surface area (Å²) in [5.41, 5.74) is 6.05. The highest BCUT2D eigenvalue weighted by molar-refractivity contribution is 5.84. The van der Waals surface area contributed by atoms with Crippen LogP contribution in [0.15, 0.2) is 42.0 Å². The highest BCUT2D eigenvalue weighted by atomic mass is 14.3. The number of allylic oxidation sites excluding steroid dienone is 4. The molecular formula is C17H22. The zero-order chi connectivity index (χ0) is 12.4. The van der Waals surface area contributed by atoms with Crippen molar-refractivity contribution >= 4 is 5.57 Å². The minimum Gasteiger partial charge on any atom is -0.0870 e.